The maximum atomic E-state index is 12.7. The van der Waals surface area contributed by atoms with Crippen molar-refractivity contribution in [2.24, 2.45) is 10.9 Å². The number of aliphatic imine (C=N–C) groups is 1. The first-order valence-corrected chi connectivity index (χ1v) is 6.94. The quantitative estimate of drug-likeness (QED) is 0.458. The monoisotopic (exact) mass is 281 g/mol. The van der Waals surface area contributed by atoms with Crippen molar-refractivity contribution < 1.29 is 9.13 Å². The lowest BCUT2D eigenvalue weighted by molar-refractivity contribution is 0.310. The molecule has 0 bridgehead atoms. The van der Waals surface area contributed by atoms with Gasteiger partial charge in [-0.3, -0.25) is 4.99 Å². The van der Waals surface area contributed by atoms with Crippen LogP contribution in [0.15, 0.2) is 29.3 Å². The highest BCUT2D eigenvalue weighted by Gasteiger charge is 1.99. The Morgan fingerprint density at radius 3 is 2.55 bits per heavy atom. The first kappa shape index (κ1) is 16.3. The fourth-order valence-corrected chi connectivity index (χ4v) is 1.52. The molecule has 112 valence electrons. The molecule has 1 aromatic carbocycles. The molecule has 0 amide bonds. The largest absolute Gasteiger partial charge is 0.494 e. The molecular weight excluding hydrogens is 257 g/mol. The van der Waals surface area contributed by atoms with Crippen molar-refractivity contribution in [1.29, 1.82) is 0 Å². The van der Waals surface area contributed by atoms with Gasteiger partial charge in [0.2, 0.25) is 0 Å². The molecule has 1 rings (SSSR count). The molecule has 0 aliphatic heterocycles. The summed E-state index contributed by atoms with van der Waals surface area (Å²) in [4.78, 5) is 4.14. The van der Waals surface area contributed by atoms with Gasteiger partial charge in [0.1, 0.15) is 11.6 Å². The number of nitrogens with one attached hydrogen (secondary N) is 2. The van der Waals surface area contributed by atoms with Crippen LogP contribution in [0.4, 0.5) is 4.39 Å². The third-order valence-corrected chi connectivity index (χ3v) is 2.60. The SMILES string of the molecule is CN=C(NCCCOc1ccc(F)cc1)NCC(C)C. The van der Waals surface area contributed by atoms with Gasteiger partial charge in [0.25, 0.3) is 0 Å². The Kier molecular flexibility index (Phi) is 7.47. The van der Waals surface area contributed by atoms with Crippen LogP contribution in [-0.4, -0.2) is 32.7 Å². The average Bonchev–Trinajstić information content (AvgIpc) is 2.43. The standard InChI is InChI=1S/C15H24FN3O/c1-12(2)11-19-15(17-3)18-9-4-10-20-14-7-5-13(16)6-8-14/h5-8,12H,4,9-11H2,1-3H3,(H2,17,18,19). The number of hydrogen-bond donors (Lipinski definition) is 2. The van der Waals surface area contributed by atoms with Crippen LogP contribution in [-0.2, 0) is 0 Å². The molecule has 20 heavy (non-hydrogen) atoms. The van der Waals surface area contributed by atoms with Crippen molar-refractivity contribution >= 4 is 5.96 Å². The molecule has 1 aromatic rings. The molecule has 0 aliphatic rings. The van der Waals surface area contributed by atoms with Crippen LogP contribution >= 0.6 is 0 Å². The third kappa shape index (κ3) is 6.97. The van der Waals surface area contributed by atoms with Crippen LogP contribution in [0.25, 0.3) is 0 Å². The molecule has 0 atom stereocenters. The van der Waals surface area contributed by atoms with Crippen molar-refractivity contribution in [3.05, 3.63) is 30.1 Å². The molecule has 0 unspecified atom stereocenters. The minimum absolute atomic E-state index is 0.251. The van der Waals surface area contributed by atoms with Gasteiger partial charge in [-0.05, 0) is 36.6 Å². The summed E-state index contributed by atoms with van der Waals surface area (Å²) in [5, 5.41) is 6.46. The van der Waals surface area contributed by atoms with E-state index < -0.39 is 0 Å². The minimum Gasteiger partial charge on any atom is -0.494 e. The first-order valence-electron chi connectivity index (χ1n) is 6.94. The number of benzene rings is 1. The highest BCUT2D eigenvalue weighted by molar-refractivity contribution is 5.79. The molecule has 0 saturated heterocycles. The van der Waals surface area contributed by atoms with Gasteiger partial charge in [-0.1, -0.05) is 13.8 Å². The molecule has 0 heterocycles. The zero-order valence-corrected chi connectivity index (χ0v) is 12.4. The van der Waals surface area contributed by atoms with E-state index in [0.29, 0.717) is 18.3 Å². The molecule has 0 fully saturated rings. The molecule has 0 aromatic heterocycles. The van der Waals surface area contributed by atoms with E-state index in [-0.39, 0.29) is 5.82 Å². The number of guanidine groups is 1. The number of nitrogens with zero attached hydrogens (tertiary/aromatic N) is 1. The van der Waals surface area contributed by atoms with Crippen molar-refractivity contribution in [3.63, 3.8) is 0 Å². The van der Waals surface area contributed by atoms with Crippen molar-refractivity contribution in [2.75, 3.05) is 26.7 Å². The van der Waals surface area contributed by atoms with Gasteiger partial charge in [-0.2, -0.15) is 0 Å². The third-order valence-electron chi connectivity index (χ3n) is 2.60. The second-order valence-electron chi connectivity index (χ2n) is 4.93. The summed E-state index contributed by atoms with van der Waals surface area (Å²) < 4.78 is 18.2. The Labute approximate surface area is 120 Å². The number of halogens is 1. The van der Waals surface area contributed by atoms with Gasteiger partial charge >= 0.3 is 0 Å². The van der Waals surface area contributed by atoms with Gasteiger partial charge < -0.3 is 15.4 Å². The van der Waals surface area contributed by atoms with E-state index in [0.717, 1.165) is 25.5 Å². The second-order valence-corrected chi connectivity index (χ2v) is 4.93. The van der Waals surface area contributed by atoms with Crippen molar-refractivity contribution in [3.8, 4) is 5.75 Å². The summed E-state index contributed by atoms with van der Waals surface area (Å²) in [6.45, 7) is 6.55. The predicted octanol–water partition coefficient (Wildman–Crippen LogP) is 2.42. The zero-order chi connectivity index (χ0) is 14.8. The Morgan fingerprint density at radius 1 is 1.25 bits per heavy atom. The van der Waals surface area contributed by atoms with Crippen LogP contribution in [0.2, 0.25) is 0 Å². The van der Waals surface area contributed by atoms with E-state index in [4.69, 9.17) is 4.74 Å². The molecular formula is C15H24FN3O. The second kappa shape index (κ2) is 9.18. The summed E-state index contributed by atoms with van der Waals surface area (Å²) in [6, 6.07) is 6.05. The van der Waals surface area contributed by atoms with E-state index in [2.05, 4.69) is 29.5 Å². The maximum absolute atomic E-state index is 12.7. The van der Waals surface area contributed by atoms with Gasteiger partial charge in [0.15, 0.2) is 5.96 Å². The van der Waals surface area contributed by atoms with Gasteiger partial charge in [0, 0.05) is 20.1 Å². The molecule has 2 N–H and O–H groups in total. The predicted molar refractivity (Wildman–Crippen MR) is 80.7 cm³/mol. The first-order chi connectivity index (χ1) is 9.61. The van der Waals surface area contributed by atoms with Crippen LogP contribution in [0.1, 0.15) is 20.3 Å². The molecule has 5 heteroatoms. The topological polar surface area (TPSA) is 45.7 Å². The van der Waals surface area contributed by atoms with Gasteiger partial charge in [0.05, 0.1) is 6.61 Å². The summed E-state index contributed by atoms with van der Waals surface area (Å²) >= 11 is 0. The van der Waals surface area contributed by atoms with E-state index >= 15 is 0 Å². The number of ether oxygens (including phenoxy) is 1. The Morgan fingerprint density at radius 2 is 1.95 bits per heavy atom. The normalized spacial score (nSPS) is 11.6. The molecule has 4 nitrogen and oxygen atoms in total. The summed E-state index contributed by atoms with van der Waals surface area (Å²) in [5.74, 6) is 1.82. The van der Waals surface area contributed by atoms with Gasteiger partial charge in [-0.25, -0.2) is 4.39 Å². The molecule has 0 radical (unpaired) electrons. The van der Waals surface area contributed by atoms with Crippen LogP contribution in [0, 0.1) is 11.7 Å². The van der Waals surface area contributed by atoms with E-state index in [1.54, 1.807) is 19.2 Å². The average molecular weight is 281 g/mol. The number of hydrogen-bond acceptors (Lipinski definition) is 2. The van der Waals surface area contributed by atoms with Crippen molar-refractivity contribution in [1.82, 2.24) is 10.6 Å². The maximum Gasteiger partial charge on any atom is 0.190 e. The molecule has 0 spiro atoms. The van der Waals surface area contributed by atoms with E-state index in [1.807, 2.05) is 0 Å². The lowest BCUT2D eigenvalue weighted by Gasteiger charge is -2.13. The Balaban J connectivity index is 2.13. The number of rotatable bonds is 7. The Bertz CT molecular complexity index is 404. The summed E-state index contributed by atoms with van der Waals surface area (Å²) in [5.41, 5.74) is 0. The van der Waals surface area contributed by atoms with E-state index in [9.17, 15) is 4.39 Å². The highest BCUT2D eigenvalue weighted by Crippen LogP contribution is 2.10. The Hall–Kier alpha value is -1.78. The summed E-state index contributed by atoms with van der Waals surface area (Å²) in [6.07, 6.45) is 0.847. The van der Waals surface area contributed by atoms with Gasteiger partial charge in [-0.15, -0.1) is 0 Å². The zero-order valence-electron chi connectivity index (χ0n) is 12.4. The molecule has 0 saturated carbocycles. The summed E-state index contributed by atoms with van der Waals surface area (Å²) in [7, 11) is 1.75. The van der Waals surface area contributed by atoms with E-state index in [1.165, 1.54) is 12.1 Å². The lowest BCUT2D eigenvalue weighted by atomic mass is 10.2. The fraction of sp³-hybridized carbons (Fsp3) is 0.533. The minimum atomic E-state index is -0.251. The van der Waals surface area contributed by atoms with Crippen LogP contribution < -0.4 is 15.4 Å². The van der Waals surface area contributed by atoms with Crippen LogP contribution in [0.3, 0.4) is 0 Å². The lowest BCUT2D eigenvalue weighted by Crippen LogP contribution is -2.39. The fourth-order valence-electron chi connectivity index (χ4n) is 1.52. The molecule has 0 aliphatic carbocycles. The highest BCUT2D eigenvalue weighted by atomic mass is 19.1. The van der Waals surface area contributed by atoms with Crippen molar-refractivity contribution in [2.45, 2.75) is 20.3 Å². The smallest absolute Gasteiger partial charge is 0.190 e. The van der Waals surface area contributed by atoms with Crippen LogP contribution in [0.5, 0.6) is 5.75 Å².